The maximum absolute atomic E-state index is 2.78. The molecule has 1 saturated heterocycles. The topological polar surface area (TPSA) is 16.2 Å². The van der Waals surface area contributed by atoms with Crippen LogP contribution in [0.5, 0.6) is 0 Å². The largest absolute Gasteiger partial charge is 0.302 e. The van der Waals surface area contributed by atoms with Crippen LogP contribution in [0.15, 0.2) is 0 Å². The van der Waals surface area contributed by atoms with Crippen molar-refractivity contribution in [2.45, 2.75) is 101 Å². The Bertz CT molecular complexity index is 544. The van der Waals surface area contributed by atoms with Crippen molar-refractivity contribution in [3.05, 3.63) is 0 Å². The van der Waals surface area contributed by atoms with Gasteiger partial charge in [-0.05, 0) is 94.4 Å². The minimum absolute atomic E-state index is 0.782. The first kappa shape index (κ1) is 37.8. The van der Waals surface area contributed by atoms with Crippen LogP contribution >= 0.6 is 0 Å². The molecule has 5 nitrogen and oxygen atoms in total. The standard InChI is InChI=1S/C35H75N5/c1-31(2)11-16-36(17-12-32(3)4)21-23-38(20-15-35(9)10)24-26-40-29-27-39(28-30-40)25-22-37(18-13-33(5)6)19-14-34(7)8/h31-35H,11-30H2,1-10H3. The Morgan fingerprint density at radius 2 is 0.575 bits per heavy atom. The van der Waals surface area contributed by atoms with Gasteiger partial charge in [0.2, 0.25) is 0 Å². The van der Waals surface area contributed by atoms with E-state index in [-0.39, 0.29) is 0 Å². The number of rotatable bonds is 24. The molecule has 1 fully saturated rings. The van der Waals surface area contributed by atoms with Gasteiger partial charge in [-0.3, -0.25) is 9.80 Å². The summed E-state index contributed by atoms with van der Waals surface area (Å²) in [6.45, 7) is 42.3. The third kappa shape index (κ3) is 20.6. The number of hydrogen-bond donors (Lipinski definition) is 0. The lowest BCUT2D eigenvalue weighted by Crippen LogP contribution is -2.50. The molecule has 0 aliphatic carbocycles. The number of nitrogens with zero attached hydrogens (tertiary/aromatic N) is 5. The maximum Gasteiger partial charge on any atom is 0.0110 e. The Labute approximate surface area is 253 Å². The quantitative estimate of drug-likeness (QED) is 0.128. The van der Waals surface area contributed by atoms with Crippen molar-refractivity contribution >= 4 is 0 Å². The van der Waals surface area contributed by atoms with E-state index in [0.717, 1.165) is 29.6 Å². The lowest BCUT2D eigenvalue weighted by Gasteiger charge is -2.37. The van der Waals surface area contributed by atoms with Gasteiger partial charge in [0.1, 0.15) is 0 Å². The Balaban J connectivity index is 2.49. The highest BCUT2D eigenvalue weighted by Crippen LogP contribution is 2.10. The summed E-state index contributed by atoms with van der Waals surface area (Å²) in [4.78, 5) is 13.7. The molecule has 1 aliphatic rings. The molecule has 240 valence electrons. The Hall–Kier alpha value is -0.200. The highest BCUT2D eigenvalue weighted by Gasteiger charge is 2.19. The molecule has 0 aromatic heterocycles. The number of hydrogen-bond acceptors (Lipinski definition) is 5. The van der Waals surface area contributed by atoms with Crippen LogP contribution in [0.4, 0.5) is 0 Å². The van der Waals surface area contributed by atoms with E-state index in [1.807, 2.05) is 0 Å². The summed E-state index contributed by atoms with van der Waals surface area (Å²) in [5.74, 6) is 3.96. The zero-order valence-electron chi connectivity index (χ0n) is 29.3. The predicted molar refractivity (Wildman–Crippen MR) is 179 cm³/mol. The lowest BCUT2D eigenvalue weighted by molar-refractivity contribution is 0.102. The van der Waals surface area contributed by atoms with Crippen LogP contribution in [0, 0.1) is 29.6 Å². The second kappa shape index (κ2) is 22.4. The van der Waals surface area contributed by atoms with Gasteiger partial charge < -0.3 is 14.7 Å². The summed E-state index contributed by atoms with van der Waals surface area (Å²) in [5, 5.41) is 0. The minimum atomic E-state index is 0.782. The van der Waals surface area contributed by atoms with Crippen LogP contribution in [-0.2, 0) is 0 Å². The van der Waals surface area contributed by atoms with Crippen molar-refractivity contribution in [2.24, 2.45) is 29.6 Å². The molecule has 0 aromatic rings. The molecule has 0 amide bonds. The van der Waals surface area contributed by atoms with Gasteiger partial charge >= 0.3 is 0 Å². The Morgan fingerprint density at radius 3 is 0.825 bits per heavy atom. The normalized spacial score (nSPS) is 16.1. The van der Waals surface area contributed by atoms with Gasteiger partial charge in [-0.1, -0.05) is 69.2 Å². The molecule has 0 saturated carbocycles. The van der Waals surface area contributed by atoms with Gasteiger partial charge in [0.25, 0.3) is 0 Å². The van der Waals surface area contributed by atoms with Crippen molar-refractivity contribution in [2.75, 3.05) is 98.2 Å². The Kier molecular flexibility index (Phi) is 21.1. The van der Waals surface area contributed by atoms with Crippen molar-refractivity contribution in [1.29, 1.82) is 0 Å². The van der Waals surface area contributed by atoms with Crippen LogP contribution in [0.3, 0.4) is 0 Å². The molecular weight excluding hydrogens is 490 g/mol. The van der Waals surface area contributed by atoms with Crippen LogP contribution < -0.4 is 0 Å². The summed E-state index contributed by atoms with van der Waals surface area (Å²) < 4.78 is 0. The smallest absolute Gasteiger partial charge is 0.0110 e. The molecule has 0 aromatic carbocycles. The highest BCUT2D eigenvalue weighted by molar-refractivity contribution is 4.75. The predicted octanol–water partition coefficient (Wildman–Crippen LogP) is 6.74. The zero-order valence-corrected chi connectivity index (χ0v) is 29.3. The van der Waals surface area contributed by atoms with E-state index in [2.05, 4.69) is 93.7 Å². The first-order valence-electron chi connectivity index (χ1n) is 17.6. The minimum Gasteiger partial charge on any atom is -0.302 e. The summed E-state index contributed by atoms with van der Waals surface area (Å²) >= 11 is 0. The van der Waals surface area contributed by atoms with Crippen molar-refractivity contribution < 1.29 is 0 Å². The van der Waals surface area contributed by atoms with Crippen molar-refractivity contribution in [3.8, 4) is 0 Å². The van der Waals surface area contributed by atoms with E-state index >= 15 is 0 Å². The summed E-state index contributed by atoms with van der Waals surface area (Å²) in [6.07, 6.45) is 6.61. The molecule has 1 rings (SSSR count). The molecule has 0 bridgehead atoms. The molecule has 0 spiro atoms. The van der Waals surface area contributed by atoms with E-state index < -0.39 is 0 Å². The van der Waals surface area contributed by atoms with Gasteiger partial charge in [-0.25, -0.2) is 0 Å². The van der Waals surface area contributed by atoms with Crippen molar-refractivity contribution in [1.82, 2.24) is 24.5 Å². The van der Waals surface area contributed by atoms with E-state index in [1.165, 1.54) is 130 Å². The van der Waals surface area contributed by atoms with Crippen LogP contribution in [-0.4, -0.2) is 123 Å². The molecular formula is C35H75N5. The molecule has 0 N–H and O–H groups in total. The average Bonchev–Trinajstić information content (AvgIpc) is 2.88. The van der Waals surface area contributed by atoms with Crippen LogP contribution in [0.2, 0.25) is 0 Å². The second-order valence-electron chi connectivity index (χ2n) is 15.1. The van der Waals surface area contributed by atoms with E-state index in [0.29, 0.717) is 0 Å². The van der Waals surface area contributed by atoms with Gasteiger partial charge in [-0.15, -0.1) is 0 Å². The molecule has 0 radical (unpaired) electrons. The van der Waals surface area contributed by atoms with Gasteiger partial charge in [0.05, 0.1) is 0 Å². The average molecular weight is 566 g/mol. The second-order valence-corrected chi connectivity index (χ2v) is 15.1. The monoisotopic (exact) mass is 566 g/mol. The molecule has 0 unspecified atom stereocenters. The molecule has 1 heterocycles. The summed E-state index contributed by atoms with van der Waals surface area (Å²) in [7, 11) is 0. The molecule has 5 heteroatoms. The number of piperazine rings is 1. The van der Waals surface area contributed by atoms with Crippen LogP contribution in [0.1, 0.15) is 101 Å². The van der Waals surface area contributed by atoms with E-state index in [4.69, 9.17) is 0 Å². The summed E-state index contributed by atoms with van der Waals surface area (Å²) in [6, 6.07) is 0. The third-order valence-electron chi connectivity index (χ3n) is 8.78. The third-order valence-corrected chi connectivity index (χ3v) is 8.78. The SMILES string of the molecule is CC(C)CCN(CCC(C)C)CCN(CCC(C)C)CCN1CCN(CCN(CCC(C)C)CCC(C)C)CC1. The fourth-order valence-electron chi connectivity index (χ4n) is 5.30. The van der Waals surface area contributed by atoms with E-state index in [9.17, 15) is 0 Å². The molecule has 0 atom stereocenters. The lowest BCUT2D eigenvalue weighted by atomic mass is 10.1. The van der Waals surface area contributed by atoms with Gasteiger partial charge in [-0.2, -0.15) is 0 Å². The molecule has 40 heavy (non-hydrogen) atoms. The first-order chi connectivity index (χ1) is 18.9. The van der Waals surface area contributed by atoms with Crippen molar-refractivity contribution in [3.63, 3.8) is 0 Å². The fraction of sp³-hybridized carbons (Fsp3) is 1.00. The summed E-state index contributed by atoms with van der Waals surface area (Å²) in [5.41, 5.74) is 0. The van der Waals surface area contributed by atoms with Crippen LogP contribution in [0.25, 0.3) is 0 Å². The highest BCUT2D eigenvalue weighted by atomic mass is 15.3. The van der Waals surface area contributed by atoms with Gasteiger partial charge in [0, 0.05) is 65.4 Å². The zero-order chi connectivity index (χ0) is 29.9. The fourth-order valence-corrected chi connectivity index (χ4v) is 5.30. The van der Waals surface area contributed by atoms with Gasteiger partial charge in [0.15, 0.2) is 0 Å². The maximum atomic E-state index is 2.78. The van der Waals surface area contributed by atoms with E-state index in [1.54, 1.807) is 0 Å². The first-order valence-corrected chi connectivity index (χ1v) is 17.6. The molecule has 1 aliphatic heterocycles. The Morgan fingerprint density at radius 1 is 0.350 bits per heavy atom.